The number of sulfonamides is 1. The fraction of sp³-hybridized carbons (Fsp3) is 0.310. The third kappa shape index (κ3) is 7.96. The van der Waals surface area contributed by atoms with Crippen LogP contribution in [-0.2, 0) is 26.2 Å². The number of hydrogen-bond donors (Lipinski definition) is 1. The summed E-state index contributed by atoms with van der Waals surface area (Å²) in [6, 6.07) is 16.5. The number of carbonyl (C=O) groups excluding carboxylic acids is 2. The number of carbonyl (C=O) groups is 2. The van der Waals surface area contributed by atoms with E-state index in [2.05, 4.69) is 5.32 Å². The molecule has 0 aliphatic heterocycles. The molecule has 0 spiro atoms. The van der Waals surface area contributed by atoms with E-state index in [9.17, 15) is 22.4 Å². The van der Waals surface area contributed by atoms with Gasteiger partial charge in [0.1, 0.15) is 18.4 Å². The molecule has 7 nitrogen and oxygen atoms in total. The lowest BCUT2D eigenvalue weighted by atomic mass is 10.1. The zero-order valence-corrected chi connectivity index (χ0v) is 24.6. The lowest BCUT2D eigenvalue weighted by Gasteiger charge is -2.33. The number of rotatable bonds is 13. The van der Waals surface area contributed by atoms with Crippen LogP contribution in [0.1, 0.15) is 38.7 Å². The maximum absolute atomic E-state index is 14.0. The van der Waals surface area contributed by atoms with E-state index in [-0.39, 0.29) is 34.5 Å². The van der Waals surface area contributed by atoms with E-state index in [0.717, 1.165) is 29.3 Å². The summed E-state index contributed by atoms with van der Waals surface area (Å²) in [5.74, 6) is -1.51. The summed E-state index contributed by atoms with van der Waals surface area (Å²) in [4.78, 5) is 28.5. The molecular weight excluding hydrogens is 576 g/mol. The van der Waals surface area contributed by atoms with Gasteiger partial charge in [0.05, 0.1) is 20.6 Å². The Hall–Kier alpha value is -3.14. The van der Waals surface area contributed by atoms with Crippen molar-refractivity contribution < 1.29 is 22.4 Å². The molecule has 214 valence electrons. The molecular formula is C29H32Cl2FN3O4S. The Kier molecular flexibility index (Phi) is 11.4. The van der Waals surface area contributed by atoms with Crippen molar-refractivity contribution in [3.8, 4) is 0 Å². The van der Waals surface area contributed by atoms with Crippen molar-refractivity contribution in [1.82, 2.24) is 10.2 Å². The standard InChI is InChI=1S/C29H32Cl2FN3O4S/c1-3-5-17-33-29(37)27(4-2)34(19-21-11-16-25(30)26(31)18-21)28(36)20-35(23-14-12-22(32)13-15-23)40(38,39)24-9-7-6-8-10-24/h6-16,18,27H,3-5,17,19-20H2,1-2H3,(H,33,37)/t27-/m0/s1. The van der Waals surface area contributed by atoms with Crippen LogP contribution < -0.4 is 9.62 Å². The highest BCUT2D eigenvalue weighted by atomic mass is 35.5. The van der Waals surface area contributed by atoms with Crippen molar-refractivity contribution in [3.05, 3.63) is 94.2 Å². The minimum Gasteiger partial charge on any atom is -0.354 e. The molecule has 3 rings (SSSR count). The maximum Gasteiger partial charge on any atom is 0.264 e. The molecule has 0 saturated carbocycles. The summed E-state index contributed by atoms with van der Waals surface area (Å²) >= 11 is 12.3. The summed E-state index contributed by atoms with van der Waals surface area (Å²) in [5, 5.41) is 3.49. The quantitative estimate of drug-likeness (QED) is 0.240. The molecule has 0 unspecified atom stereocenters. The van der Waals surface area contributed by atoms with Gasteiger partial charge in [0.2, 0.25) is 11.8 Å². The van der Waals surface area contributed by atoms with Crippen LogP contribution >= 0.6 is 23.2 Å². The number of anilines is 1. The smallest absolute Gasteiger partial charge is 0.264 e. The summed E-state index contributed by atoms with van der Waals surface area (Å²) in [7, 11) is -4.23. The number of nitrogens with one attached hydrogen (secondary N) is 1. The maximum atomic E-state index is 14.0. The fourth-order valence-electron chi connectivity index (χ4n) is 4.12. The van der Waals surface area contributed by atoms with Crippen LogP contribution in [0.3, 0.4) is 0 Å². The van der Waals surface area contributed by atoms with E-state index in [1.165, 1.54) is 29.2 Å². The van der Waals surface area contributed by atoms with Crippen LogP contribution in [-0.4, -0.2) is 44.3 Å². The van der Waals surface area contributed by atoms with Gasteiger partial charge in [-0.1, -0.05) is 67.7 Å². The Morgan fingerprint density at radius 1 is 0.950 bits per heavy atom. The van der Waals surface area contributed by atoms with Crippen molar-refractivity contribution in [2.75, 3.05) is 17.4 Å². The van der Waals surface area contributed by atoms with Crippen molar-refractivity contribution in [3.63, 3.8) is 0 Å². The van der Waals surface area contributed by atoms with Gasteiger partial charge in [0.15, 0.2) is 0 Å². The molecule has 2 amide bonds. The van der Waals surface area contributed by atoms with Gasteiger partial charge >= 0.3 is 0 Å². The van der Waals surface area contributed by atoms with E-state index in [1.807, 2.05) is 6.92 Å². The molecule has 11 heteroatoms. The second-order valence-corrected chi connectivity index (χ2v) is 11.8. The first-order valence-electron chi connectivity index (χ1n) is 12.9. The first-order valence-corrected chi connectivity index (χ1v) is 15.1. The SMILES string of the molecule is CCCCNC(=O)[C@H](CC)N(Cc1ccc(Cl)c(Cl)c1)C(=O)CN(c1ccc(F)cc1)S(=O)(=O)c1ccccc1. The van der Waals surface area contributed by atoms with Crippen LogP contribution in [0.15, 0.2) is 77.7 Å². The number of halogens is 3. The molecule has 1 N–H and O–H groups in total. The Labute approximate surface area is 244 Å². The molecule has 0 aromatic heterocycles. The predicted octanol–water partition coefficient (Wildman–Crippen LogP) is 6.05. The van der Waals surface area contributed by atoms with Gasteiger partial charge in [-0.05, 0) is 66.9 Å². The fourth-order valence-corrected chi connectivity index (χ4v) is 5.87. The van der Waals surface area contributed by atoms with E-state index >= 15 is 0 Å². The molecule has 0 aliphatic rings. The van der Waals surface area contributed by atoms with Gasteiger partial charge in [-0.15, -0.1) is 0 Å². The molecule has 40 heavy (non-hydrogen) atoms. The number of amides is 2. The molecule has 0 heterocycles. The molecule has 0 radical (unpaired) electrons. The second-order valence-electron chi connectivity index (χ2n) is 9.14. The van der Waals surface area contributed by atoms with Crippen LogP contribution in [0.4, 0.5) is 10.1 Å². The summed E-state index contributed by atoms with van der Waals surface area (Å²) in [6.07, 6.45) is 1.94. The zero-order chi connectivity index (χ0) is 29.3. The van der Waals surface area contributed by atoms with Gasteiger partial charge in [-0.25, -0.2) is 12.8 Å². The van der Waals surface area contributed by atoms with Crippen LogP contribution in [0.5, 0.6) is 0 Å². The normalized spacial score (nSPS) is 12.0. The van der Waals surface area contributed by atoms with Gasteiger partial charge in [-0.3, -0.25) is 13.9 Å². The topological polar surface area (TPSA) is 86.8 Å². The van der Waals surface area contributed by atoms with Gasteiger partial charge in [-0.2, -0.15) is 0 Å². The van der Waals surface area contributed by atoms with Crippen molar-refractivity contribution in [2.45, 2.75) is 50.6 Å². The monoisotopic (exact) mass is 607 g/mol. The third-order valence-corrected chi connectivity index (χ3v) is 8.80. The van der Waals surface area contributed by atoms with Crippen LogP contribution in [0.2, 0.25) is 10.0 Å². The Bertz CT molecular complexity index is 1410. The van der Waals surface area contributed by atoms with Crippen LogP contribution in [0.25, 0.3) is 0 Å². The minimum atomic E-state index is -4.23. The van der Waals surface area contributed by atoms with Crippen molar-refractivity contribution in [1.29, 1.82) is 0 Å². The number of benzene rings is 3. The highest BCUT2D eigenvalue weighted by Crippen LogP contribution is 2.27. The first kappa shape index (κ1) is 31.4. The van der Waals surface area contributed by atoms with Crippen molar-refractivity contribution in [2.24, 2.45) is 0 Å². The molecule has 3 aromatic carbocycles. The molecule has 0 saturated heterocycles. The summed E-state index contributed by atoms with van der Waals surface area (Å²) in [5.41, 5.74) is 0.718. The Balaban J connectivity index is 2.03. The van der Waals surface area contributed by atoms with Gasteiger partial charge in [0.25, 0.3) is 10.0 Å². The number of unbranched alkanes of at least 4 members (excludes halogenated alkanes) is 1. The zero-order valence-electron chi connectivity index (χ0n) is 22.3. The molecule has 0 fully saturated rings. The summed E-state index contributed by atoms with van der Waals surface area (Å²) < 4.78 is 42.1. The lowest BCUT2D eigenvalue weighted by molar-refractivity contribution is -0.140. The van der Waals surface area contributed by atoms with E-state index in [1.54, 1.807) is 43.3 Å². The van der Waals surface area contributed by atoms with Gasteiger partial charge < -0.3 is 10.2 Å². The average Bonchev–Trinajstić information content (AvgIpc) is 2.94. The minimum absolute atomic E-state index is 0.0158. The Morgan fingerprint density at radius 3 is 2.23 bits per heavy atom. The molecule has 0 bridgehead atoms. The third-order valence-electron chi connectivity index (χ3n) is 6.28. The number of nitrogens with zero attached hydrogens (tertiary/aromatic N) is 2. The van der Waals surface area contributed by atoms with Crippen LogP contribution in [0, 0.1) is 5.82 Å². The molecule has 3 aromatic rings. The summed E-state index contributed by atoms with van der Waals surface area (Å²) in [6.45, 7) is 3.59. The molecule has 0 aliphatic carbocycles. The lowest BCUT2D eigenvalue weighted by Crippen LogP contribution is -2.52. The van der Waals surface area contributed by atoms with E-state index in [4.69, 9.17) is 23.2 Å². The number of hydrogen-bond acceptors (Lipinski definition) is 4. The largest absolute Gasteiger partial charge is 0.354 e. The Morgan fingerprint density at radius 2 is 1.62 bits per heavy atom. The first-order chi connectivity index (χ1) is 19.1. The molecule has 1 atom stereocenters. The second kappa shape index (κ2) is 14.5. The van der Waals surface area contributed by atoms with E-state index in [0.29, 0.717) is 17.1 Å². The average molecular weight is 609 g/mol. The highest BCUT2D eigenvalue weighted by Gasteiger charge is 2.33. The van der Waals surface area contributed by atoms with Gasteiger partial charge in [0, 0.05) is 13.1 Å². The predicted molar refractivity (Wildman–Crippen MR) is 156 cm³/mol. The highest BCUT2D eigenvalue weighted by molar-refractivity contribution is 7.92. The van der Waals surface area contributed by atoms with Crippen molar-refractivity contribution >= 4 is 50.7 Å². The van der Waals surface area contributed by atoms with E-state index < -0.39 is 34.3 Å².